The molecule has 0 radical (unpaired) electrons. The molecule has 0 saturated heterocycles. The van der Waals surface area contributed by atoms with Gasteiger partial charge in [-0.3, -0.25) is 10.1 Å². The van der Waals surface area contributed by atoms with Crippen LogP contribution in [0.25, 0.3) is 0 Å². The van der Waals surface area contributed by atoms with Crippen molar-refractivity contribution < 1.29 is 14.8 Å². The molecule has 1 unspecified atom stereocenters. The number of urea groups is 1. The second kappa shape index (κ2) is 8.18. The maximum Gasteiger partial charge on any atom is 0.316 e. The highest BCUT2D eigenvalue weighted by Gasteiger charge is 2.10. The molecule has 21 heavy (non-hydrogen) atoms. The van der Waals surface area contributed by atoms with E-state index in [2.05, 4.69) is 10.6 Å². The zero-order valence-electron chi connectivity index (χ0n) is 12.1. The lowest BCUT2D eigenvalue weighted by molar-refractivity contribution is -0.384. The second-order valence-corrected chi connectivity index (χ2v) is 4.69. The number of carbonyl (C=O) groups excluding carboxylic acids is 1. The zero-order valence-corrected chi connectivity index (χ0v) is 12.1. The first kappa shape index (κ1) is 16.9. The number of aliphatic hydroxyl groups is 1. The van der Waals surface area contributed by atoms with Crippen LogP contribution in [0.5, 0.6) is 0 Å². The third kappa shape index (κ3) is 5.76. The standard InChI is InChI=1S/C13H20N4O4/c1-16(2)13(19)15-8-7-14-9-12(18)10-3-5-11(6-4-10)17(20)21/h3-6,12,14,18H,7-9H2,1-2H3,(H,15,19). The van der Waals surface area contributed by atoms with E-state index in [1.165, 1.54) is 29.2 Å². The minimum absolute atomic E-state index is 0.00897. The number of benzene rings is 1. The van der Waals surface area contributed by atoms with Gasteiger partial charge in [0.2, 0.25) is 0 Å². The topological polar surface area (TPSA) is 108 Å². The average molecular weight is 296 g/mol. The Bertz CT molecular complexity index is 476. The molecule has 0 fully saturated rings. The Balaban J connectivity index is 2.29. The van der Waals surface area contributed by atoms with E-state index in [1.807, 2.05) is 0 Å². The van der Waals surface area contributed by atoms with E-state index in [0.717, 1.165) is 0 Å². The number of nitro benzene ring substituents is 1. The van der Waals surface area contributed by atoms with Crippen LogP contribution in [0.3, 0.4) is 0 Å². The minimum atomic E-state index is -0.754. The monoisotopic (exact) mass is 296 g/mol. The molecule has 1 atom stereocenters. The largest absolute Gasteiger partial charge is 0.387 e. The van der Waals surface area contributed by atoms with E-state index in [1.54, 1.807) is 14.1 Å². The van der Waals surface area contributed by atoms with E-state index in [4.69, 9.17) is 0 Å². The van der Waals surface area contributed by atoms with Crippen LogP contribution in [0, 0.1) is 10.1 Å². The smallest absolute Gasteiger partial charge is 0.316 e. The van der Waals surface area contributed by atoms with E-state index in [-0.39, 0.29) is 11.7 Å². The molecular formula is C13H20N4O4. The molecule has 0 aliphatic heterocycles. The van der Waals surface area contributed by atoms with E-state index in [0.29, 0.717) is 25.2 Å². The molecule has 1 aromatic rings. The molecule has 1 aromatic carbocycles. The second-order valence-electron chi connectivity index (χ2n) is 4.69. The van der Waals surface area contributed by atoms with Crippen LogP contribution in [-0.4, -0.2) is 54.7 Å². The van der Waals surface area contributed by atoms with Crippen molar-refractivity contribution in [2.45, 2.75) is 6.10 Å². The highest BCUT2D eigenvalue weighted by atomic mass is 16.6. The highest BCUT2D eigenvalue weighted by molar-refractivity contribution is 5.73. The number of hydrogen-bond donors (Lipinski definition) is 3. The summed E-state index contributed by atoms with van der Waals surface area (Å²) in [6.07, 6.45) is -0.754. The first-order valence-electron chi connectivity index (χ1n) is 6.50. The molecule has 0 bridgehead atoms. The number of non-ortho nitro benzene ring substituents is 1. The number of amides is 2. The lowest BCUT2D eigenvalue weighted by Gasteiger charge is -2.14. The molecule has 8 nitrogen and oxygen atoms in total. The van der Waals surface area contributed by atoms with Crippen LogP contribution < -0.4 is 10.6 Å². The van der Waals surface area contributed by atoms with Crippen LogP contribution in [0.1, 0.15) is 11.7 Å². The average Bonchev–Trinajstić information content (AvgIpc) is 2.46. The number of rotatable bonds is 7. The molecule has 3 N–H and O–H groups in total. The number of hydrogen-bond acceptors (Lipinski definition) is 5. The van der Waals surface area contributed by atoms with Crippen molar-refractivity contribution in [2.75, 3.05) is 33.7 Å². The summed E-state index contributed by atoms with van der Waals surface area (Å²) in [5, 5.41) is 26.1. The van der Waals surface area contributed by atoms with Gasteiger partial charge in [0.1, 0.15) is 0 Å². The fourth-order valence-electron chi connectivity index (χ4n) is 1.59. The Morgan fingerprint density at radius 1 is 1.33 bits per heavy atom. The Morgan fingerprint density at radius 2 is 1.95 bits per heavy atom. The van der Waals surface area contributed by atoms with Crippen LogP contribution in [0.15, 0.2) is 24.3 Å². The van der Waals surface area contributed by atoms with E-state index >= 15 is 0 Å². The summed E-state index contributed by atoms with van der Waals surface area (Å²) < 4.78 is 0. The Morgan fingerprint density at radius 3 is 2.48 bits per heavy atom. The van der Waals surface area contributed by atoms with Crippen molar-refractivity contribution in [1.29, 1.82) is 0 Å². The summed E-state index contributed by atoms with van der Waals surface area (Å²) >= 11 is 0. The molecule has 0 saturated carbocycles. The number of aliphatic hydroxyl groups excluding tert-OH is 1. The lowest BCUT2D eigenvalue weighted by Crippen LogP contribution is -2.39. The van der Waals surface area contributed by atoms with Gasteiger partial charge < -0.3 is 20.6 Å². The molecule has 2 amide bonds. The van der Waals surface area contributed by atoms with Crippen molar-refractivity contribution in [2.24, 2.45) is 0 Å². The quantitative estimate of drug-likeness (QED) is 0.385. The van der Waals surface area contributed by atoms with Gasteiger partial charge in [0.25, 0.3) is 5.69 Å². The van der Waals surface area contributed by atoms with E-state index in [9.17, 15) is 20.0 Å². The first-order valence-corrected chi connectivity index (χ1v) is 6.50. The van der Waals surface area contributed by atoms with Gasteiger partial charge in [-0.1, -0.05) is 0 Å². The van der Waals surface area contributed by atoms with Crippen LogP contribution in [0.2, 0.25) is 0 Å². The number of nitro groups is 1. The van der Waals surface area contributed by atoms with Crippen molar-refractivity contribution >= 4 is 11.7 Å². The third-order valence-corrected chi connectivity index (χ3v) is 2.81. The molecule has 116 valence electrons. The predicted molar refractivity (Wildman–Crippen MR) is 78.0 cm³/mol. The van der Waals surface area contributed by atoms with Crippen molar-refractivity contribution in [3.8, 4) is 0 Å². The first-order chi connectivity index (χ1) is 9.91. The van der Waals surface area contributed by atoms with Gasteiger partial charge in [0.15, 0.2) is 0 Å². The minimum Gasteiger partial charge on any atom is -0.387 e. The van der Waals surface area contributed by atoms with Crippen molar-refractivity contribution in [3.05, 3.63) is 39.9 Å². The van der Waals surface area contributed by atoms with Gasteiger partial charge >= 0.3 is 6.03 Å². The maximum atomic E-state index is 11.2. The normalized spacial score (nSPS) is 11.8. The SMILES string of the molecule is CN(C)C(=O)NCCNCC(O)c1ccc([N+](=O)[O-])cc1. The molecule has 0 spiro atoms. The summed E-state index contributed by atoms with van der Waals surface area (Å²) in [6.45, 7) is 1.27. The van der Waals surface area contributed by atoms with E-state index < -0.39 is 11.0 Å². The molecule has 0 aromatic heterocycles. The molecule has 0 aliphatic rings. The summed E-state index contributed by atoms with van der Waals surface area (Å²) in [5.74, 6) is 0. The zero-order chi connectivity index (χ0) is 15.8. The van der Waals surface area contributed by atoms with Crippen LogP contribution in [0.4, 0.5) is 10.5 Å². The van der Waals surface area contributed by atoms with Crippen LogP contribution >= 0.6 is 0 Å². The maximum absolute atomic E-state index is 11.2. The summed E-state index contributed by atoms with van der Waals surface area (Å²) in [6, 6.07) is 5.59. The summed E-state index contributed by atoms with van der Waals surface area (Å²) in [4.78, 5) is 22.7. The molecular weight excluding hydrogens is 276 g/mol. The van der Waals surface area contributed by atoms with Gasteiger partial charge in [-0.05, 0) is 17.7 Å². The van der Waals surface area contributed by atoms with Crippen molar-refractivity contribution in [3.63, 3.8) is 0 Å². The lowest BCUT2D eigenvalue weighted by atomic mass is 10.1. The predicted octanol–water partition coefficient (Wildman–Crippen LogP) is 0.489. The molecule has 0 heterocycles. The summed E-state index contributed by atoms with van der Waals surface area (Å²) in [7, 11) is 3.31. The van der Waals surface area contributed by atoms with Gasteiger partial charge in [-0.2, -0.15) is 0 Å². The van der Waals surface area contributed by atoms with Crippen molar-refractivity contribution in [1.82, 2.24) is 15.5 Å². The molecule has 1 rings (SSSR count). The van der Waals surface area contributed by atoms with Crippen LogP contribution in [-0.2, 0) is 0 Å². The Kier molecular flexibility index (Phi) is 6.57. The van der Waals surface area contributed by atoms with Gasteiger partial charge in [0.05, 0.1) is 11.0 Å². The van der Waals surface area contributed by atoms with Gasteiger partial charge in [0, 0.05) is 45.9 Å². The molecule has 0 aliphatic carbocycles. The Hall–Kier alpha value is -2.19. The van der Waals surface area contributed by atoms with Gasteiger partial charge in [-0.15, -0.1) is 0 Å². The number of nitrogens with zero attached hydrogens (tertiary/aromatic N) is 2. The number of carbonyl (C=O) groups is 1. The fourth-order valence-corrected chi connectivity index (χ4v) is 1.59. The third-order valence-electron chi connectivity index (χ3n) is 2.81. The Labute approximate surface area is 122 Å². The molecule has 8 heteroatoms. The number of nitrogens with one attached hydrogen (secondary N) is 2. The highest BCUT2D eigenvalue weighted by Crippen LogP contribution is 2.16. The summed E-state index contributed by atoms with van der Waals surface area (Å²) in [5.41, 5.74) is 0.593. The van der Waals surface area contributed by atoms with Gasteiger partial charge in [-0.25, -0.2) is 4.79 Å². The fraction of sp³-hybridized carbons (Fsp3) is 0.462.